The number of aliphatic hydroxyl groups excluding tert-OH is 1. The molecule has 3 rings (SSSR count). The van der Waals surface area contributed by atoms with Gasteiger partial charge in [-0.2, -0.15) is 5.21 Å². The highest BCUT2D eigenvalue weighted by Crippen LogP contribution is 2.16. The third kappa shape index (κ3) is 3.23. The highest BCUT2D eigenvalue weighted by Gasteiger charge is 2.22. The molecule has 1 unspecified atom stereocenters. The zero-order valence-electron chi connectivity index (χ0n) is 11.5. The number of aromatic nitrogens is 5. The second-order valence-electron chi connectivity index (χ2n) is 4.68. The molecule has 0 aromatic carbocycles. The highest BCUT2D eigenvalue weighted by atomic mass is 16.3. The molecule has 0 aliphatic carbocycles. The number of hydrogen-bond donors (Lipinski definition) is 2. The van der Waals surface area contributed by atoms with Crippen molar-refractivity contribution in [3.05, 3.63) is 59.6 Å². The Hall–Kier alpha value is -2.87. The van der Waals surface area contributed by atoms with Crippen molar-refractivity contribution in [1.29, 1.82) is 0 Å². The summed E-state index contributed by atoms with van der Waals surface area (Å²) in [5.74, 6) is 0.666. The molecule has 22 heavy (non-hydrogen) atoms. The number of pyridine rings is 1. The molecular weight excluding hydrogens is 286 g/mol. The SMILES string of the molecule is O=C(Cc1ccc(Cc2ccccn2)o1)C(O)c1nn[nH]n1. The zero-order valence-corrected chi connectivity index (χ0v) is 11.5. The van der Waals surface area contributed by atoms with Crippen LogP contribution < -0.4 is 0 Å². The molecule has 0 saturated heterocycles. The molecule has 3 aromatic rings. The summed E-state index contributed by atoms with van der Waals surface area (Å²) in [6.07, 6.45) is 0.799. The summed E-state index contributed by atoms with van der Waals surface area (Å²) in [5, 5.41) is 22.5. The van der Waals surface area contributed by atoms with E-state index in [-0.39, 0.29) is 12.2 Å². The van der Waals surface area contributed by atoms with Gasteiger partial charge in [0.1, 0.15) is 11.5 Å². The predicted molar refractivity (Wildman–Crippen MR) is 73.6 cm³/mol. The van der Waals surface area contributed by atoms with E-state index < -0.39 is 11.9 Å². The van der Waals surface area contributed by atoms with Gasteiger partial charge in [-0.3, -0.25) is 9.78 Å². The van der Waals surface area contributed by atoms with E-state index >= 15 is 0 Å². The van der Waals surface area contributed by atoms with Gasteiger partial charge in [0, 0.05) is 18.3 Å². The van der Waals surface area contributed by atoms with Gasteiger partial charge in [0.25, 0.3) is 0 Å². The first-order chi connectivity index (χ1) is 10.7. The zero-order chi connectivity index (χ0) is 15.4. The average molecular weight is 299 g/mol. The van der Waals surface area contributed by atoms with E-state index in [1.807, 2.05) is 18.2 Å². The number of ketones is 1. The number of tetrazole rings is 1. The lowest BCUT2D eigenvalue weighted by atomic mass is 10.1. The lowest BCUT2D eigenvalue weighted by Crippen LogP contribution is -2.15. The van der Waals surface area contributed by atoms with E-state index in [2.05, 4.69) is 25.6 Å². The van der Waals surface area contributed by atoms with Gasteiger partial charge >= 0.3 is 0 Å². The van der Waals surface area contributed by atoms with Crippen molar-refractivity contribution < 1.29 is 14.3 Å². The molecule has 0 aliphatic heterocycles. The number of nitrogens with one attached hydrogen (secondary N) is 1. The molecule has 3 aromatic heterocycles. The van der Waals surface area contributed by atoms with Crippen LogP contribution in [0.3, 0.4) is 0 Å². The Morgan fingerprint density at radius 2 is 2.14 bits per heavy atom. The van der Waals surface area contributed by atoms with Gasteiger partial charge in [-0.05, 0) is 24.3 Å². The first-order valence-corrected chi connectivity index (χ1v) is 6.64. The fraction of sp³-hybridized carbons (Fsp3) is 0.214. The molecule has 2 N–H and O–H groups in total. The van der Waals surface area contributed by atoms with E-state index in [1.54, 1.807) is 18.3 Å². The maximum absolute atomic E-state index is 11.9. The number of aromatic amines is 1. The Balaban J connectivity index is 1.63. The normalized spacial score (nSPS) is 12.2. The van der Waals surface area contributed by atoms with Crippen LogP contribution >= 0.6 is 0 Å². The van der Waals surface area contributed by atoms with Gasteiger partial charge in [0.2, 0.25) is 5.82 Å². The Labute approximate surface area is 125 Å². The van der Waals surface area contributed by atoms with Gasteiger partial charge in [-0.25, -0.2) is 0 Å². The lowest BCUT2D eigenvalue weighted by molar-refractivity contribution is -0.127. The molecule has 0 amide bonds. The van der Waals surface area contributed by atoms with E-state index in [0.29, 0.717) is 17.9 Å². The molecule has 0 radical (unpaired) electrons. The molecular formula is C14H13N5O3. The van der Waals surface area contributed by atoms with Gasteiger partial charge < -0.3 is 9.52 Å². The summed E-state index contributed by atoms with van der Waals surface area (Å²) in [7, 11) is 0. The number of hydrogen-bond acceptors (Lipinski definition) is 7. The first-order valence-electron chi connectivity index (χ1n) is 6.64. The van der Waals surface area contributed by atoms with Gasteiger partial charge in [0.05, 0.1) is 6.42 Å². The number of Topliss-reactive ketones (excluding diaryl/α,β-unsaturated/α-hetero) is 1. The summed E-state index contributed by atoms with van der Waals surface area (Å²) in [5.41, 5.74) is 0.876. The van der Waals surface area contributed by atoms with Crippen LogP contribution in [0.4, 0.5) is 0 Å². The highest BCUT2D eigenvalue weighted by molar-refractivity contribution is 5.84. The minimum atomic E-state index is -1.41. The summed E-state index contributed by atoms with van der Waals surface area (Å²) >= 11 is 0. The standard InChI is InChI=1S/C14H13N5O3/c20-12(13(21)14-16-18-19-17-14)8-11-5-4-10(22-11)7-9-3-1-2-6-15-9/h1-6,13,21H,7-8H2,(H,16,17,18,19). The maximum Gasteiger partial charge on any atom is 0.210 e. The van der Waals surface area contributed by atoms with E-state index in [0.717, 1.165) is 5.69 Å². The van der Waals surface area contributed by atoms with Crippen LogP contribution in [0, 0.1) is 0 Å². The van der Waals surface area contributed by atoms with Crippen molar-refractivity contribution in [1.82, 2.24) is 25.6 Å². The monoisotopic (exact) mass is 299 g/mol. The molecule has 8 nitrogen and oxygen atoms in total. The third-order valence-electron chi connectivity index (χ3n) is 3.06. The van der Waals surface area contributed by atoms with E-state index in [1.165, 1.54) is 0 Å². The number of aliphatic hydroxyl groups is 1. The summed E-state index contributed by atoms with van der Waals surface area (Å²) in [4.78, 5) is 16.1. The minimum absolute atomic E-state index is 0.0437. The Kier molecular flexibility index (Phi) is 4.01. The molecule has 0 aliphatic rings. The van der Waals surface area contributed by atoms with E-state index in [9.17, 15) is 9.90 Å². The third-order valence-corrected chi connectivity index (χ3v) is 3.06. The molecule has 0 fully saturated rings. The number of rotatable bonds is 6. The summed E-state index contributed by atoms with van der Waals surface area (Å²) in [6.45, 7) is 0. The summed E-state index contributed by atoms with van der Waals surface area (Å²) in [6, 6.07) is 9.14. The molecule has 0 spiro atoms. The molecule has 8 heteroatoms. The minimum Gasteiger partial charge on any atom is -0.465 e. The van der Waals surface area contributed by atoms with Crippen molar-refractivity contribution in [2.75, 3.05) is 0 Å². The Morgan fingerprint density at radius 1 is 1.27 bits per heavy atom. The second kappa shape index (κ2) is 6.27. The fourth-order valence-corrected chi connectivity index (χ4v) is 1.99. The van der Waals surface area contributed by atoms with Crippen LogP contribution in [-0.2, 0) is 17.6 Å². The first kappa shape index (κ1) is 14.1. The predicted octanol–water partition coefficient (Wildman–Crippen LogP) is 0.624. The smallest absolute Gasteiger partial charge is 0.210 e. The number of nitrogens with zero attached hydrogens (tertiary/aromatic N) is 4. The van der Waals surface area contributed by atoms with E-state index in [4.69, 9.17) is 4.42 Å². The quantitative estimate of drug-likeness (QED) is 0.685. The van der Waals surface area contributed by atoms with Crippen LogP contribution in [0.15, 0.2) is 40.9 Å². The Morgan fingerprint density at radius 3 is 2.86 bits per heavy atom. The van der Waals surface area contributed by atoms with Crippen molar-refractivity contribution in [2.45, 2.75) is 18.9 Å². The molecule has 1 atom stereocenters. The number of carbonyl (C=O) groups is 1. The number of furan rings is 1. The fourth-order valence-electron chi connectivity index (χ4n) is 1.99. The Bertz CT molecular complexity index is 739. The van der Waals surface area contributed by atoms with Crippen molar-refractivity contribution in [3.63, 3.8) is 0 Å². The molecule has 3 heterocycles. The van der Waals surface area contributed by atoms with Crippen molar-refractivity contribution in [2.24, 2.45) is 0 Å². The molecule has 0 bridgehead atoms. The van der Waals surface area contributed by atoms with Gasteiger partial charge in [-0.15, -0.1) is 10.2 Å². The van der Waals surface area contributed by atoms with Crippen LogP contribution in [0.25, 0.3) is 0 Å². The van der Waals surface area contributed by atoms with Crippen LogP contribution in [0.5, 0.6) is 0 Å². The lowest BCUT2D eigenvalue weighted by Gasteiger charge is -2.03. The van der Waals surface area contributed by atoms with Crippen LogP contribution in [0.2, 0.25) is 0 Å². The topological polar surface area (TPSA) is 118 Å². The average Bonchev–Trinajstić information content (AvgIpc) is 3.19. The van der Waals surface area contributed by atoms with Gasteiger partial charge in [-0.1, -0.05) is 11.3 Å². The summed E-state index contributed by atoms with van der Waals surface area (Å²) < 4.78 is 5.59. The van der Waals surface area contributed by atoms with Crippen LogP contribution in [0.1, 0.15) is 29.1 Å². The van der Waals surface area contributed by atoms with Crippen molar-refractivity contribution >= 4 is 5.78 Å². The van der Waals surface area contributed by atoms with Crippen LogP contribution in [-0.4, -0.2) is 36.5 Å². The molecule has 112 valence electrons. The van der Waals surface area contributed by atoms with Crippen molar-refractivity contribution in [3.8, 4) is 0 Å². The number of H-pyrrole nitrogens is 1. The number of carbonyl (C=O) groups excluding carboxylic acids is 1. The largest absolute Gasteiger partial charge is 0.465 e. The van der Waals surface area contributed by atoms with Gasteiger partial charge in [0.15, 0.2) is 11.9 Å². The maximum atomic E-state index is 11.9. The second-order valence-corrected chi connectivity index (χ2v) is 4.68. The molecule has 0 saturated carbocycles.